The maximum atomic E-state index is 12.9. The molecule has 1 aromatic heterocycles. The van der Waals surface area contributed by atoms with Crippen molar-refractivity contribution in [3.05, 3.63) is 77.6 Å². The van der Waals surface area contributed by atoms with Crippen molar-refractivity contribution >= 4 is 11.9 Å². The molecule has 1 heterocycles. The molecule has 0 aliphatic carbocycles. The van der Waals surface area contributed by atoms with Gasteiger partial charge in [-0.15, -0.1) is 0 Å². The highest BCUT2D eigenvalue weighted by molar-refractivity contribution is 5.87. The number of aliphatic hydroxyl groups excluding tert-OH is 1. The summed E-state index contributed by atoms with van der Waals surface area (Å²) < 4.78 is 6.52. The van der Waals surface area contributed by atoms with Crippen LogP contribution in [0, 0.1) is 0 Å². The average Bonchev–Trinajstić information content (AvgIpc) is 3.25. The molecule has 0 amide bonds. The molecular formula is C26H30N2O4. The summed E-state index contributed by atoms with van der Waals surface area (Å²) in [7, 11) is 0. The Morgan fingerprint density at radius 3 is 2.19 bits per heavy atom. The van der Waals surface area contributed by atoms with Crippen molar-refractivity contribution in [2.24, 2.45) is 0 Å². The molecule has 3 rings (SSSR count). The number of hydrogen-bond donors (Lipinski definition) is 1. The Morgan fingerprint density at radius 2 is 1.62 bits per heavy atom. The molecule has 0 spiro atoms. The molecule has 0 saturated carbocycles. The maximum absolute atomic E-state index is 12.9. The van der Waals surface area contributed by atoms with Crippen LogP contribution in [0.2, 0.25) is 0 Å². The van der Waals surface area contributed by atoms with E-state index in [2.05, 4.69) is 5.10 Å². The first-order chi connectivity index (χ1) is 15.2. The predicted octanol–water partition coefficient (Wildman–Crippen LogP) is 5.13. The van der Waals surface area contributed by atoms with Gasteiger partial charge in [-0.2, -0.15) is 9.78 Å². The van der Waals surface area contributed by atoms with Gasteiger partial charge in [-0.05, 0) is 49.4 Å². The summed E-state index contributed by atoms with van der Waals surface area (Å²) in [5.74, 6) is -0.00998. The lowest BCUT2D eigenvalue weighted by Gasteiger charge is -2.18. The number of ketones is 1. The van der Waals surface area contributed by atoms with Crippen LogP contribution in [0.25, 0.3) is 11.1 Å². The van der Waals surface area contributed by atoms with E-state index in [0.29, 0.717) is 6.42 Å². The van der Waals surface area contributed by atoms with Gasteiger partial charge >= 0.3 is 6.09 Å². The zero-order valence-corrected chi connectivity index (χ0v) is 19.0. The molecule has 1 N–H and O–H groups in total. The van der Waals surface area contributed by atoms with Gasteiger partial charge in [0.05, 0.1) is 12.8 Å². The van der Waals surface area contributed by atoms with Gasteiger partial charge in [0.25, 0.3) is 0 Å². The van der Waals surface area contributed by atoms with E-state index in [1.807, 2.05) is 76.2 Å². The topological polar surface area (TPSA) is 81.4 Å². The SMILES string of the molecule is CCC(C(=O)Cc1ccc(-c2cnn(C(=O)OC(C)(C)C)c2)cc1)c1ccc(CO)cc1. The number of hydrogen-bond acceptors (Lipinski definition) is 5. The fourth-order valence-corrected chi connectivity index (χ4v) is 3.52. The van der Waals surface area contributed by atoms with Gasteiger partial charge in [0.2, 0.25) is 0 Å². The van der Waals surface area contributed by atoms with E-state index in [1.54, 1.807) is 12.4 Å². The third-order valence-corrected chi connectivity index (χ3v) is 5.19. The van der Waals surface area contributed by atoms with Gasteiger partial charge in [-0.3, -0.25) is 4.79 Å². The molecule has 0 radical (unpaired) electrons. The lowest BCUT2D eigenvalue weighted by atomic mass is 9.88. The Hall–Kier alpha value is -3.25. The fourth-order valence-electron chi connectivity index (χ4n) is 3.52. The third-order valence-electron chi connectivity index (χ3n) is 5.19. The Balaban J connectivity index is 1.67. The minimum Gasteiger partial charge on any atom is -0.442 e. The van der Waals surface area contributed by atoms with E-state index in [1.165, 1.54) is 4.68 Å². The Kier molecular flexibility index (Phi) is 7.26. The van der Waals surface area contributed by atoms with Crippen molar-refractivity contribution in [2.75, 3.05) is 0 Å². The summed E-state index contributed by atoms with van der Waals surface area (Å²) in [6, 6.07) is 15.3. The largest absolute Gasteiger partial charge is 0.442 e. The number of carbonyl (C=O) groups excluding carboxylic acids is 2. The molecule has 0 aliphatic heterocycles. The molecule has 3 aromatic rings. The second-order valence-electron chi connectivity index (χ2n) is 8.85. The Bertz CT molecular complexity index is 1060. The van der Waals surface area contributed by atoms with E-state index in [9.17, 15) is 14.7 Å². The smallest absolute Gasteiger partial charge is 0.435 e. The number of rotatable bonds is 7. The van der Waals surface area contributed by atoms with E-state index in [4.69, 9.17) is 4.74 Å². The normalized spacial score (nSPS) is 12.4. The Morgan fingerprint density at radius 1 is 1.00 bits per heavy atom. The second kappa shape index (κ2) is 9.92. The van der Waals surface area contributed by atoms with E-state index >= 15 is 0 Å². The minimum absolute atomic E-state index is 0.00591. The number of Topliss-reactive ketones (excluding diaryl/α,β-unsaturated/α-hetero) is 1. The van der Waals surface area contributed by atoms with Crippen LogP contribution in [0.15, 0.2) is 60.9 Å². The van der Waals surface area contributed by atoms with Gasteiger partial charge in [0.1, 0.15) is 11.4 Å². The Labute approximate surface area is 188 Å². The highest BCUT2D eigenvalue weighted by Crippen LogP contribution is 2.25. The van der Waals surface area contributed by atoms with Crippen molar-refractivity contribution in [2.45, 2.75) is 58.7 Å². The molecule has 0 saturated heterocycles. The van der Waals surface area contributed by atoms with Crippen molar-refractivity contribution in [3.8, 4) is 11.1 Å². The van der Waals surface area contributed by atoms with Crippen molar-refractivity contribution < 1.29 is 19.4 Å². The maximum Gasteiger partial charge on any atom is 0.435 e. The zero-order valence-electron chi connectivity index (χ0n) is 19.0. The van der Waals surface area contributed by atoms with E-state index in [0.717, 1.165) is 34.2 Å². The standard InChI is InChI=1S/C26H30N2O4/c1-5-23(21-12-8-19(17-29)9-13-21)24(30)14-18-6-10-20(11-7-18)22-15-27-28(16-22)25(31)32-26(2,3)4/h6-13,15-16,23,29H,5,14,17H2,1-4H3. The van der Waals surface area contributed by atoms with Crippen molar-refractivity contribution in [3.63, 3.8) is 0 Å². The first kappa shape index (κ1) is 23.4. The van der Waals surface area contributed by atoms with E-state index in [-0.39, 0.29) is 18.3 Å². The molecule has 32 heavy (non-hydrogen) atoms. The minimum atomic E-state index is -0.589. The number of aliphatic hydroxyl groups is 1. The highest BCUT2D eigenvalue weighted by Gasteiger charge is 2.20. The summed E-state index contributed by atoms with van der Waals surface area (Å²) >= 11 is 0. The quantitative estimate of drug-likeness (QED) is 0.557. The number of aromatic nitrogens is 2. The summed E-state index contributed by atoms with van der Waals surface area (Å²) in [5, 5.41) is 13.3. The van der Waals surface area contributed by atoms with Crippen LogP contribution in [0.1, 0.15) is 56.7 Å². The number of benzene rings is 2. The van der Waals surface area contributed by atoms with Crippen LogP contribution in [-0.2, 0) is 22.6 Å². The van der Waals surface area contributed by atoms with Crippen LogP contribution in [0.3, 0.4) is 0 Å². The average molecular weight is 435 g/mol. The molecule has 168 valence electrons. The predicted molar refractivity (Wildman–Crippen MR) is 123 cm³/mol. The van der Waals surface area contributed by atoms with Crippen LogP contribution >= 0.6 is 0 Å². The molecule has 2 aromatic carbocycles. The van der Waals surface area contributed by atoms with Crippen LogP contribution in [0.4, 0.5) is 4.79 Å². The molecule has 6 heteroatoms. The molecule has 1 atom stereocenters. The number of carbonyl (C=O) groups is 2. The molecule has 0 fully saturated rings. The molecule has 1 unspecified atom stereocenters. The molecule has 6 nitrogen and oxygen atoms in total. The summed E-state index contributed by atoms with van der Waals surface area (Å²) in [6.07, 6.45) is 3.80. The summed E-state index contributed by atoms with van der Waals surface area (Å²) in [6.45, 7) is 7.43. The highest BCUT2D eigenvalue weighted by atomic mass is 16.6. The van der Waals surface area contributed by atoms with E-state index < -0.39 is 11.7 Å². The summed E-state index contributed by atoms with van der Waals surface area (Å²) in [5.41, 5.74) is 3.85. The first-order valence-corrected chi connectivity index (χ1v) is 10.8. The third kappa shape index (κ3) is 5.92. The van der Waals surface area contributed by atoms with Crippen LogP contribution in [-0.4, -0.2) is 32.4 Å². The number of ether oxygens (including phenoxy) is 1. The van der Waals surface area contributed by atoms with Gasteiger partial charge in [0.15, 0.2) is 0 Å². The number of nitrogens with zero attached hydrogens (tertiary/aromatic N) is 2. The zero-order chi connectivity index (χ0) is 23.3. The molecule has 0 bridgehead atoms. The lowest BCUT2D eigenvalue weighted by molar-refractivity contribution is -0.119. The molecular weight excluding hydrogens is 404 g/mol. The van der Waals surface area contributed by atoms with Crippen LogP contribution in [0.5, 0.6) is 0 Å². The van der Waals surface area contributed by atoms with Crippen LogP contribution < -0.4 is 0 Å². The van der Waals surface area contributed by atoms with Crippen molar-refractivity contribution in [1.29, 1.82) is 0 Å². The van der Waals surface area contributed by atoms with Gasteiger partial charge in [0, 0.05) is 24.1 Å². The summed E-state index contributed by atoms with van der Waals surface area (Å²) in [4.78, 5) is 25.1. The lowest BCUT2D eigenvalue weighted by Crippen LogP contribution is -2.27. The second-order valence-corrected chi connectivity index (χ2v) is 8.85. The first-order valence-electron chi connectivity index (χ1n) is 10.8. The fraction of sp³-hybridized carbons (Fsp3) is 0.346. The molecule has 0 aliphatic rings. The van der Waals surface area contributed by atoms with Crippen molar-refractivity contribution in [1.82, 2.24) is 9.78 Å². The van der Waals surface area contributed by atoms with Gasteiger partial charge in [-0.25, -0.2) is 4.79 Å². The van der Waals surface area contributed by atoms with Gasteiger partial charge in [-0.1, -0.05) is 55.5 Å². The van der Waals surface area contributed by atoms with Gasteiger partial charge < -0.3 is 9.84 Å². The monoisotopic (exact) mass is 434 g/mol.